The molecular weight excluding hydrogens is 331 g/mol. The van der Waals surface area contributed by atoms with Crippen molar-refractivity contribution in [2.75, 3.05) is 0 Å². The molecule has 0 amide bonds. The van der Waals surface area contributed by atoms with E-state index in [0.717, 1.165) is 10.4 Å². The van der Waals surface area contributed by atoms with Crippen LogP contribution in [0, 0.1) is 0 Å². The van der Waals surface area contributed by atoms with Gasteiger partial charge in [0.2, 0.25) is 0 Å². The number of carboxylic acid groups (broad SMARTS) is 1. The Morgan fingerprint density at radius 2 is 2.05 bits per heavy atom. The molecule has 0 aliphatic carbocycles. The lowest BCUT2D eigenvalue weighted by molar-refractivity contribution is 0.0697. The Balaban J connectivity index is 2.21. The number of carboxylic acids is 1. The van der Waals surface area contributed by atoms with E-state index in [9.17, 15) is 9.90 Å². The van der Waals surface area contributed by atoms with E-state index < -0.39 is 5.97 Å². The normalized spacial score (nSPS) is 10.9. The Labute approximate surface area is 137 Å². The second kappa shape index (κ2) is 6.69. The lowest BCUT2D eigenvalue weighted by Crippen LogP contribution is -2.00. The fraction of sp³-hybridized carbons (Fsp3) is 0.267. The van der Waals surface area contributed by atoms with Crippen LogP contribution in [-0.2, 0) is 6.61 Å². The predicted molar refractivity (Wildman–Crippen MR) is 86.2 cm³/mol. The van der Waals surface area contributed by atoms with Gasteiger partial charge in [-0.15, -0.1) is 11.3 Å². The summed E-state index contributed by atoms with van der Waals surface area (Å²) < 4.78 is 5.64. The first kappa shape index (κ1) is 16.1. The summed E-state index contributed by atoms with van der Waals surface area (Å²) in [6.07, 6.45) is 0. The van der Waals surface area contributed by atoms with Crippen molar-refractivity contribution < 1.29 is 14.6 Å². The number of carbonyl (C=O) groups is 1. The second-order valence-corrected chi connectivity index (χ2v) is 6.75. The monoisotopic (exact) mass is 344 g/mol. The number of thiophene rings is 1. The molecule has 0 unspecified atom stereocenters. The van der Waals surface area contributed by atoms with Crippen molar-refractivity contribution in [3.8, 4) is 5.75 Å². The second-order valence-electron chi connectivity index (χ2n) is 4.83. The van der Waals surface area contributed by atoms with Crippen LogP contribution in [0.15, 0.2) is 24.3 Å². The molecule has 1 N–H and O–H groups in total. The maximum atomic E-state index is 11.3. The van der Waals surface area contributed by atoms with Gasteiger partial charge in [-0.2, -0.15) is 0 Å². The molecule has 0 radical (unpaired) electrons. The Bertz CT molecular complexity index is 665. The molecule has 0 aliphatic rings. The maximum absolute atomic E-state index is 11.3. The summed E-state index contributed by atoms with van der Waals surface area (Å²) in [4.78, 5) is 12.5. The molecule has 0 fully saturated rings. The summed E-state index contributed by atoms with van der Waals surface area (Å²) in [5, 5.41) is 10.3. The molecule has 0 spiro atoms. The molecular formula is C15H14Cl2O3S. The standard InChI is InChI=1S/C15H14Cl2O3S/c1-8(2)13-6-12(14(21-13)15(18)19)20-7-9-3-4-10(16)5-11(9)17/h3-6,8H,7H2,1-2H3,(H,18,19). The zero-order valence-corrected chi connectivity index (χ0v) is 13.9. The number of halogens is 2. The van der Waals surface area contributed by atoms with Gasteiger partial charge in [0.1, 0.15) is 12.4 Å². The van der Waals surface area contributed by atoms with E-state index in [1.807, 2.05) is 13.8 Å². The zero-order valence-electron chi connectivity index (χ0n) is 11.5. The third-order valence-corrected chi connectivity index (χ3v) is 4.87. The fourth-order valence-corrected chi connectivity index (χ4v) is 3.13. The van der Waals surface area contributed by atoms with E-state index in [1.54, 1.807) is 24.3 Å². The van der Waals surface area contributed by atoms with Gasteiger partial charge in [0.25, 0.3) is 0 Å². The molecule has 1 aromatic carbocycles. The van der Waals surface area contributed by atoms with Crippen LogP contribution < -0.4 is 4.74 Å². The Morgan fingerprint density at radius 3 is 2.62 bits per heavy atom. The summed E-state index contributed by atoms with van der Waals surface area (Å²) in [5.74, 6) is -0.351. The van der Waals surface area contributed by atoms with Crippen molar-refractivity contribution in [2.45, 2.75) is 26.4 Å². The molecule has 3 nitrogen and oxygen atoms in total. The van der Waals surface area contributed by atoms with Gasteiger partial charge in [-0.1, -0.05) is 43.1 Å². The largest absolute Gasteiger partial charge is 0.487 e. The number of rotatable bonds is 5. The zero-order chi connectivity index (χ0) is 15.6. The highest BCUT2D eigenvalue weighted by Crippen LogP contribution is 2.34. The lowest BCUT2D eigenvalue weighted by Gasteiger charge is -2.07. The topological polar surface area (TPSA) is 46.5 Å². The minimum Gasteiger partial charge on any atom is -0.487 e. The van der Waals surface area contributed by atoms with Gasteiger partial charge in [0.05, 0.1) is 0 Å². The van der Waals surface area contributed by atoms with Crippen molar-refractivity contribution in [2.24, 2.45) is 0 Å². The van der Waals surface area contributed by atoms with Crippen LogP contribution in [0.3, 0.4) is 0 Å². The van der Waals surface area contributed by atoms with Crippen molar-refractivity contribution in [1.29, 1.82) is 0 Å². The maximum Gasteiger partial charge on any atom is 0.349 e. The highest BCUT2D eigenvalue weighted by atomic mass is 35.5. The van der Waals surface area contributed by atoms with Crippen molar-refractivity contribution >= 4 is 40.5 Å². The van der Waals surface area contributed by atoms with Crippen LogP contribution in [0.25, 0.3) is 0 Å². The van der Waals surface area contributed by atoms with Crippen molar-refractivity contribution in [3.63, 3.8) is 0 Å². The average Bonchev–Trinajstić information content (AvgIpc) is 2.82. The minimum absolute atomic E-state index is 0.199. The Kier molecular flexibility index (Phi) is 5.14. The number of ether oxygens (including phenoxy) is 1. The SMILES string of the molecule is CC(C)c1cc(OCc2ccc(Cl)cc2Cl)c(C(=O)O)s1. The molecule has 112 valence electrons. The molecule has 0 atom stereocenters. The minimum atomic E-state index is -0.982. The van der Waals surface area contributed by atoms with Crippen LogP contribution in [0.5, 0.6) is 5.75 Å². The molecule has 21 heavy (non-hydrogen) atoms. The van der Waals surface area contributed by atoms with Crippen molar-refractivity contribution in [3.05, 3.63) is 49.6 Å². The smallest absolute Gasteiger partial charge is 0.349 e. The summed E-state index contributed by atoms with van der Waals surface area (Å²) in [5.41, 5.74) is 0.759. The highest BCUT2D eigenvalue weighted by molar-refractivity contribution is 7.14. The Morgan fingerprint density at radius 1 is 1.33 bits per heavy atom. The quantitative estimate of drug-likeness (QED) is 0.783. The van der Waals surface area contributed by atoms with Gasteiger partial charge < -0.3 is 9.84 Å². The summed E-state index contributed by atoms with van der Waals surface area (Å²) in [6.45, 7) is 4.22. The molecule has 2 rings (SSSR count). The third-order valence-electron chi connectivity index (χ3n) is 2.88. The van der Waals surface area contributed by atoms with Gasteiger partial charge in [-0.25, -0.2) is 4.79 Å². The van der Waals surface area contributed by atoms with E-state index in [0.29, 0.717) is 15.8 Å². The van der Waals surface area contributed by atoms with E-state index in [1.165, 1.54) is 11.3 Å². The molecule has 2 aromatic rings. The van der Waals surface area contributed by atoms with Gasteiger partial charge >= 0.3 is 5.97 Å². The van der Waals surface area contributed by atoms with Crippen LogP contribution in [0.2, 0.25) is 10.0 Å². The van der Waals surface area contributed by atoms with Crippen LogP contribution >= 0.6 is 34.5 Å². The number of aromatic carboxylic acids is 1. The molecule has 6 heteroatoms. The first-order valence-electron chi connectivity index (χ1n) is 6.32. The van der Waals surface area contributed by atoms with Crippen LogP contribution in [-0.4, -0.2) is 11.1 Å². The summed E-state index contributed by atoms with van der Waals surface area (Å²) in [6, 6.07) is 6.90. The van der Waals surface area contributed by atoms with Gasteiger partial charge in [-0.05, 0) is 24.1 Å². The average molecular weight is 345 g/mol. The Hall–Kier alpha value is -1.23. The predicted octanol–water partition coefficient (Wildman–Crippen LogP) is 5.46. The molecule has 1 aromatic heterocycles. The first-order valence-corrected chi connectivity index (χ1v) is 7.89. The van der Waals surface area contributed by atoms with Crippen LogP contribution in [0.4, 0.5) is 0 Å². The highest BCUT2D eigenvalue weighted by Gasteiger charge is 2.18. The summed E-state index contributed by atoms with van der Waals surface area (Å²) >= 11 is 13.2. The molecule has 1 heterocycles. The molecule has 0 bridgehead atoms. The fourth-order valence-electron chi connectivity index (χ4n) is 1.73. The number of hydrogen-bond donors (Lipinski definition) is 1. The van der Waals surface area contributed by atoms with E-state index >= 15 is 0 Å². The van der Waals surface area contributed by atoms with Gasteiger partial charge in [0, 0.05) is 20.5 Å². The van der Waals surface area contributed by atoms with E-state index in [2.05, 4.69) is 0 Å². The van der Waals surface area contributed by atoms with E-state index in [4.69, 9.17) is 27.9 Å². The van der Waals surface area contributed by atoms with Gasteiger partial charge in [0.15, 0.2) is 4.88 Å². The molecule has 0 aliphatic heterocycles. The van der Waals surface area contributed by atoms with Crippen LogP contribution in [0.1, 0.15) is 39.9 Å². The summed E-state index contributed by atoms with van der Waals surface area (Å²) in [7, 11) is 0. The first-order chi connectivity index (χ1) is 9.88. The number of hydrogen-bond acceptors (Lipinski definition) is 3. The molecule has 0 saturated carbocycles. The molecule has 0 saturated heterocycles. The third kappa shape index (κ3) is 3.90. The van der Waals surface area contributed by atoms with E-state index in [-0.39, 0.29) is 17.4 Å². The lowest BCUT2D eigenvalue weighted by atomic mass is 10.2. The number of benzene rings is 1. The van der Waals surface area contributed by atoms with Crippen molar-refractivity contribution in [1.82, 2.24) is 0 Å². The van der Waals surface area contributed by atoms with Gasteiger partial charge in [-0.3, -0.25) is 0 Å².